The molecular weight excluding hydrogens is 383 g/mol. The molecule has 1 aromatic heterocycles. The summed E-state index contributed by atoms with van der Waals surface area (Å²) in [4.78, 5) is 8.62. The zero-order valence-electron chi connectivity index (χ0n) is 17.3. The topological polar surface area (TPSA) is 53.8 Å². The standard InChI is InChI=1S/C23H27FN4O2/c1-26-11-10-25-23(26)22(29)19-4-3-5-20(24)21(19)28-14-12-27(13-15-28)16-17-6-8-18(30-2)9-7-17/h3-11,22,29H,12-16H2,1-2H3/t22-/m1/s1. The first-order valence-corrected chi connectivity index (χ1v) is 10.1. The molecule has 7 heteroatoms. The molecule has 158 valence electrons. The third-order valence-corrected chi connectivity index (χ3v) is 5.67. The third-order valence-electron chi connectivity index (χ3n) is 5.67. The molecule has 0 amide bonds. The van der Waals surface area contributed by atoms with Crippen LogP contribution in [0.2, 0.25) is 0 Å². The van der Waals surface area contributed by atoms with Gasteiger partial charge in [0.1, 0.15) is 23.5 Å². The van der Waals surface area contributed by atoms with Crippen LogP contribution < -0.4 is 9.64 Å². The molecule has 3 aromatic rings. The average molecular weight is 410 g/mol. The lowest BCUT2D eigenvalue weighted by molar-refractivity contribution is 0.205. The zero-order chi connectivity index (χ0) is 21.1. The van der Waals surface area contributed by atoms with Crippen LogP contribution >= 0.6 is 0 Å². The first-order valence-electron chi connectivity index (χ1n) is 10.1. The molecule has 2 heterocycles. The van der Waals surface area contributed by atoms with E-state index in [-0.39, 0.29) is 5.82 Å². The molecule has 4 rings (SSSR count). The van der Waals surface area contributed by atoms with E-state index in [1.807, 2.05) is 24.1 Å². The van der Waals surface area contributed by atoms with Crippen LogP contribution in [0.5, 0.6) is 5.75 Å². The Balaban J connectivity index is 1.47. The number of hydrogen-bond donors (Lipinski definition) is 1. The van der Waals surface area contributed by atoms with Gasteiger partial charge in [0.15, 0.2) is 0 Å². The second-order valence-corrected chi connectivity index (χ2v) is 7.59. The van der Waals surface area contributed by atoms with Crippen LogP contribution in [0.15, 0.2) is 54.9 Å². The van der Waals surface area contributed by atoms with Crippen molar-refractivity contribution >= 4 is 5.69 Å². The summed E-state index contributed by atoms with van der Waals surface area (Å²) in [5.74, 6) is 1.03. The first kappa shape index (κ1) is 20.4. The van der Waals surface area contributed by atoms with E-state index in [0.717, 1.165) is 25.4 Å². The van der Waals surface area contributed by atoms with Crippen molar-refractivity contribution in [2.75, 3.05) is 38.2 Å². The van der Waals surface area contributed by atoms with Gasteiger partial charge in [-0.3, -0.25) is 4.90 Å². The van der Waals surface area contributed by atoms with Crippen molar-refractivity contribution in [2.45, 2.75) is 12.6 Å². The summed E-state index contributed by atoms with van der Waals surface area (Å²) in [7, 11) is 3.48. The number of rotatable bonds is 6. The first-order chi connectivity index (χ1) is 14.6. The predicted octanol–water partition coefficient (Wildman–Crippen LogP) is 2.97. The van der Waals surface area contributed by atoms with Gasteiger partial charge in [0.2, 0.25) is 0 Å². The molecule has 1 aliphatic heterocycles. The number of nitrogens with zero attached hydrogens (tertiary/aromatic N) is 4. The van der Waals surface area contributed by atoms with Gasteiger partial charge in [-0.1, -0.05) is 24.3 Å². The van der Waals surface area contributed by atoms with E-state index >= 15 is 0 Å². The zero-order valence-corrected chi connectivity index (χ0v) is 17.3. The number of ether oxygens (including phenoxy) is 1. The van der Waals surface area contributed by atoms with Gasteiger partial charge in [-0.25, -0.2) is 9.37 Å². The van der Waals surface area contributed by atoms with E-state index in [0.29, 0.717) is 30.2 Å². The minimum atomic E-state index is -0.979. The molecule has 0 saturated carbocycles. The van der Waals surface area contributed by atoms with Gasteiger partial charge in [0.05, 0.1) is 12.8 Å². The Morgan fingerprint density at radius 2 is 1.83 bits per heavy atom. The number of para-hydroxylation sites is 1. The maximum atomic E-state index is 14.8. The maximum absolute atomic E-state index is 14.8. The van der Waals surface area contributed by atoms with E-state index in [2.05, 4.69) is 22.0 Å². The van der Waals surface area contributed by atoms with Gasteiger partial charge in [-0.15, -0.1) is 0 Å². The summed E-state index contributed by atoms with van der Waals surface area (Å²) in [5.41, 5.74) is 2.24. The highest BCUT2D eigenvalue weighted by molar-refractivity contribution is 5.57. The second-order valence-electron chi connectivity index (χ2n) is 7.59. The number of halogens is 1. The summed E-state index contributed by atoms with van der Waals surface area (Å²) >= 11 is 0. The second kappa shape index (κ2) is 8.85. The fourth-order valence-electron chi connectivity index (χ4n) is 3.98. The van der Waals surface area contributed by atoms with Crippen molar-refractivity contribution in [1.29, 1.82) is 0 Å². The Labute approximate surface area is 176 Å². The maximum Gasteiger partial charge on any atom is 0.146 e. The third kappa shape index (κ3) is 4.17. The van der Waals surface area contributed by atoms with Crippen molar-refractivity contribution < 1.29 is 14.2 Å². The number of aryl methyl sites for hydroxylation is 1. The summed E-state index contributed by atoms with van der Waals surface area (Å²) in [6.45, 7) is 3.86. The predicted molar refractivity (Wildman–Crippen MR) is 114 cm³/mol. The lowest BCUT2D eigenvalue weighted by Crippen LogP contribution is -2.46. The van der Waals surface area contributed by atoms with Crippen molar-refractivity contribution in [1.82, 2.24) is 14.5 Å². The monoisotopic (exact) mass is 410 g/mol. The molecule has 1 N–H and O–H groups in total. The van der Waals surface area contributed by atoms with Crippen molar-refractivity contribution in [3.05, 3.63) is 77.6 Å². The van der Waals surface area contributed by atoms with E-state index in [4.69, 9.17) is 4.74 Å². The fourth-order valence-corrected chi connectivity index (χ4v) is 3.98. The Hall–Kier alpha value is -2.90. The molecule has 30 heavy (non-hydrogen) atoms. The summed E-state index contributed by atoms with van der Waals surface area (Å²) in [5, 5.41) is 10.9. The minimum absolute atomic E-state index is 0.315. The molecule has 6 nitrogen and oxygen atoms in total. The van der Waals surface area contributed by atoms with Crippen LogP contribution in [-0.2, 0) is 13.6 Å². The Bertz CT molecular complexity index is 981. The van der Waals surface area contributed by atoms with Crippen LogP contribution in [0, 0.1) is 5.82 Å². The Morgan fingerprint density at radius 1 is 1.10 bits per heavy atom. The van der Waals surface area contributed by atoms with E-state index in [9.17, 15) is 9.50 Å². The van der Waals surface area contributed by atoms with Crippen LogP contribution in [0.4, 0.5) is 10.1 Å². The SMILES string of the molecule is COc1ccc(CN2CCN(c3c(F)cccc3[C@@H](O)c3nccn3C)CC2)cc1. The number of aromatic nitrogens is 2. The molecule has 1 saturated heterocycles. The van der Waals surface area contributed by atoms with Gasteiger partial charge in [-0.05, 0) is 23.8 Å². The highest BCUT2D eigenvalue weighted by Crippen LogP contribution is 2.33. The lowest BCUT2D eigenvalue weighted by Gasteiger charge is -2.37. The number of imidazole rings is 1. The molecule has 0 spiro atoms. The van der Waals surface area contributed by atoms with Gasteiger partial charge >= 0.3 is 0 Å². The summed E-state index contributed by atoms with van der Waals surface area (Å²) in [6, 6.07) is 13.0. The summed E-state index contributed by atoms with van der Waals surface area (Å²) in [6.07, 6.45) is 2.43. The van der Waals surface area contributed by atoms with Crippen molar-refractivity contribution in [3.8, 4) is 5.75 Å². The molecule has 0 aliphatic carbocycles. The molecular formula is C23H27FN4O2. The normalized spacial score (nSPS) is 15.9. The van der Waals surface area contributed by atoms with Gasteiger partial charge in [0, 0.05) is 57.7 Å². The Kier molecular flexibility index (Phi) is 6.01. The van der Waals surface area contributed by atoms with Gasteiger partial charge < -0.3 is 19.3 Å². The number of benzene rings is 2. The molecule has 1 aliphatic rings. The van der Waals surface area contributed by atoms with Crippen LogP contribution in [0.25, 0.3) is 0 Å². The molecule has 0 bridgehead atoms. The number of aliphatic hydroxyl groups excluding tert-OH is 1. The van der Waals surface area contributed by atoms with Gasteiger partial charge in [0.25, 0.3) is 0 Å². The van der Waals surface area contributed by atoms with E-state index in [1.54, 1.807) is 36.2 Å². The molecule has 2 aromatic carbocycles. The fraction of sp³-hybridized carbons (Fsp3) is 0.348. The molecule has 1 atom stereocenters. The summed E-state index contributed by atoms with van der Waals surface area (Å²) < 4.78 is 21.8. The number of aliphatic hydroxyl groups is 1. The number of methoxy groups -OCH3 is 1. The smallest absolute Gasteiger partial charge is 0.146 e. The highest BCUT2D eigenvalue weighted by Gasteiger charge is 2.26. The van der Waals surface area contributed by atoms with E-state index in [1.165, 1.54) is 11.6 Å². The number of hydrogen-bond acceptors (Lipinski definition) is 5. The van der Waals surface area contributed by atoms with Crippen LogP contribution in [0.1, 0.15) is 23.1 Å². The van der Waals surface area contributed by atoms with Crippen molar-refractivity contribution in [3.63, 3.8) is 0 Å². The Morgan fingerprint density at radius 3 is 2.47 bits per heavy atom. The largest absolute Gasteiger partial charge is 0.497 e. The van der Waals surface area contributed by atoms with Crippen LogP contribution in [-0.4, -0.2) is 52.8 Å². The highest BCUT2D eigenvalue weighted by atomic mass is 19.1. The number of piperazine rings is 1. The number of anilines is 1. The molecule has 1 fully saturated rings. The molecule has 0 unspecified atom stereocenters. The quantitative estimate of drug-likeness (QED) is 0.677. The molecule has 0 radical (unpaired) electrons. The van der Waals surface area contributed by atoms with Crippen LogP contribution in [0.3, 0.4) is 0 Å². The lowest BCUT2D eigenvalue weighted by atomic mass is 10.0. The van der Waals surface area contributed by atoms with E-state index < -0.39 is 6.10 Å². The van der Waals surface area contributed by atoms with Crippen molar-refractivity contribution in [2.24, 2.45) is 7.05 Å². The minimum Gasteiger partial charge on any atom is -0.497 e. The average Bonchev–Trinajstić information content (AvgIpc) is 3.20. The van der Waals surface area contributed by atoms with Gasteiger partial charge in [-0.2, -0.15) is 0 Å².